The molecular weight excluding hydrogens is 264 g/mol. The van der Waals surface area contributed by atoms with Crippen LogP contribution in [0.5, 0.6) is 0 Å². The van der Waals surface area contributed by atoms with Crippen molar-refractivity contribution >= 4 is 23.2 Å². The molecule has 3 N–H and O–H groups in total. The summed E-state index contributed by atoms with van der Waals surface area (Å²) >= 11 is 5.85. The Bertz CT molecular complexity index is 439. The maximum atomic E-state index is 11.8. The topological polar surface area (TPSA) is 64.3 Å². The van der Waals surface area contributed by atoms with Gasteiger partial charge >= 0.3 is 0 Å². The van der Waals surface area contributed by atoms with Gasteiger partial charge in [-0.25, -0.2) is 0 Å². The fourth-order valence-electron chi connectivity index (χ4n) is 2.44. The minimum atomic E-state index is -0.162. The number of ether oxygens (including phenoxy) is 1. The van der Waals surface area contributed by atoms with Crippen molar-refractivity contribution in [1.29, 1.82) is 0 Å². The first kappa shape index (κ1) is 14.3. The highest BCUT2D eigenvalue weighted by molar-refractivity contribution is 6.30. The average Bonchev–Trinajstić information content (AvgIpc) is 2.83. The first-order valence-electron chi connectivity index (χ1n) is 6.56. The largest absolute Gasteiger partial charge is 0.368 e. The zero-order valence-electron chi connectivity index (χ0n) is 10.8. The van der Waals surface area contributed by atoms with Crippen LogP contribution in [0.3, 0.4) is 0 Å². The van der Waals surface area contributed by atoms with Gasteiger partial charge < -0.3 is 15.8 Å². The van der Waals surface area contributed by atoms with E-state index >= 15 is 0 Å². The fourth-order valence-corrected chi connectivity index (χ4v) is 2.63. The lowest BCUT2D eigenvalue weighted by Gasteiger charge is -2.18. The number of carbonyl (C=O) groups is 1. The van der Waals surface area contributed by atoms with Gasteiger partial charge in [-0.3, -0.25) is 4.79 Å². The van der Waals surface area contributed by atoms with Crippen LogP contribution in [0.1, 0.15) is 19.3 Å². The third-order valence-electron chi connectivity index (χ3n) is 3.43. The lowest BCUT2D eigenvalue weighted by molar-refractivity contribution is -0.123. The van der Waals surface area contributed by atoms with E-state index in [9.17, 15) is 4.79 Å². The van der Waals surface area contributed by atoms with Gasteiger partial charge in [-0.2, -0.15) is 0 Å². The van der Waals surface area contributed by atoms with Crippen LogP contribution in [0.25, 0.3) is 0 Å². The van der Waals surface area contributed by atoms with Crippen molar-refractivity contribution in [3.05, 3.63) is 29.3 Å². The number of benzene rings is 1. The smallest absolute Gasteiger partial charge is 0.250 e. The molecule has 1 fully saturated rings. The van der Waals surface area contributed by atoms with Gasteiger partial charge in [0.25, 0.3) is 0 Å². The first-order valence-corrected chi connectivity index (χ1v) is 6.94. The highest BCUT2D eigenvalue weighted by Crippen LogP contribution is 2.27. The van der Waals surface area contributed by atoms with Crippen molar-refractivity contribution in [3.63, 3.8) is 0 Å². The number of halogens is 1. The van der Waals surface area contributed by atoms with Crippen molar-refractivity contribution in [2.45, 2.75) is 25.4 Å². The zero-order chi connectivity index (χ0) is 13.7. The summed E-state index contributed by atoms with van der Waals surface area (Å²) < 4.78 is 5.65. The van der Waals surface area contributed by atoms with E-state index in [1.54, 1.807) is 24.3 Å². The molecule has 2 unspecified atom stereocenters. The predicted molar refractivity (Wildman–Crippen MR) is 76.2 cm³/mol. The summed E-state index contributed by atoms with van der Waals surface area (Å²) in [4.78, 5) is 11.8. The molecule has 0 heterocycles. The molecule has 1 aromatic rings. The number of carbonyl (C=O) groups excluding carboxylic acids is 1. The zero-order valence-corrected chi connectivity index (χ0v) is 11.5. The Hall–Kier alpha value is -1.10. The molecule has 1 aliphatic carbocycles. The Labute approximate surface area is 118 Å². The predicted octanol–water partition coefficient (Wildman–Crippen LogP) is 2.42. The van der Waals surface area contributed by atoms with E-state index in [2.05, 4.69) is 5.32 Å². The van der Waals surface area contributed by atoms with E-state index in [1.165, 1.54) is 0 Å². The van der Waals surface area contributed by atoms with Gasteiger partial charge in [0.15, 0.2) is 0 Å². The van der Waals surface area contributed by atoms with Gasteiger partial charge in [0.1, 0.15) is 6.61 Å². The Kier molecular flexibility index (Phi) is 5.19. The van der Waals surface area contributed by atoms with Gasteiger partial charge in [0, 0.05) is 10.7 Å². The standard InChI is InChI=1S/C14H19ClN2O2/c15-11-4-2-5-12(7-11)17-14(18)9-19-13-6-1-3-10(13)8-16/h2,4-5,7,10,13H,1,3,6,8-9,16H2,(H,17,18). The molecule has 2 atom stereocenters. The molecule has 0 aromatic heterocycles. The van der Waals surface area contributed by atoms with Crippen molar-refractivity contribution in [1.82, 2.24) is 0 Å². The lowest BCUT2D eigenvalue weighted by atomic mass is 10.1. The molecule has 0 radical (unpaired) electrons. The van der Waals surface area contributed by atoms with Gasteiger partial charge in [0.2, 0.25) is 5.91 Å². The van der Waals surface area contributed by atoms with Crippen LogP contribution < -0.4 is 11.1 Å². The molecule has 0 aliphatic heterocycles. The molecule has 104 valence electrons. The summed E-state index contributed by atoms with van der Waals surface area (Å²) in [5, 5.41) is 3.36. The third-order valence-corrected chi connectivity index (χ3v) is 3.66. The minimum Gasteiger partial charge on any atom is -0.368 e. The normalized spacial score (nSPS) is 22.4. The quantitative estimate of drug-likeness (QED) is 0.872. The van der Waals surface area contributed by atoms with E-state index in [1.807, 2.05) is 0 Å². The Morgan fingerprint density at radius 2 is 2.32 bits per heavy atom. The van der Waals surface area contributed by atoms with Crippen LogP contribution in [0, 0.1) is 5.92 Å². The maximum absolute atomic E-state index is 11.8. The number of hydrogen-bond donors (Lipinski definition) is 2. The van der Waals surface area contributed by atoms with Crippen LogP contribution in [-0.2, 0) is 9.53 Å². The number of anilines is 1. The summed E-state index contributed by atoms with van der Waals surface area (Å²) in [6.07, 6.45) is 3.33. The van der Waals surface area contributed by atoms with Crippen LogP contribution in [0.15, 0.2) is 24.3 Å². The SMILES string of the molecule is NCC1CCCC1OCC(=O)Nc1cccc(Cl)c1. The van der Waals surface area contributed by atoms with Crippen LogP contribution in [0.4, 0.5) is 5.69 Å². The Morgan fingerprint density at radius 3 is 3.05 bits per heavy atom. The number of nitrogens with one attached hydrogen (secondary N) is 1. The summed E-state index contributed by atoms with van der Waals surface area (Å²) in [7, 11) is 0. The van der Waals surface area contributed by atoms with Gasteiger partial charge in [0.05, 0.1) is 6.10 Å². The third kappa shape index (κ3) is 4.20. The first-order chi connectivity index (χ1) is 9.19. The highest BCUT2D eigenvalue weighted by atomic mass is 35.5. The van der Waals surface area contributed by atoms with E-state index in [4.69, 9.17) is 22.1 Å². The molecule has 1 saturated carbocycles. The maximum Gasteiger partial charge on any atom is 0.250 e. The van der Waals surface area contributed by atoms with Gasteiger partial charge in [-0.15, -0.1) is 0 Å². The molecule has 19 heavy (non-hydrogen) atoms. The molecule has 0 saturated heterocycles. The Morgan fingerprint density at radius 1 is 1.47 bits per heavy atom. The van der Waals surface area contributed by atoms with Crippen molar-refractivity contribution < 1.29 is 9.53 Å². The average molecular weight is 283 g/mol. The van der Waals surface area contributed by atoms with Crippen molar-refractivity contribution in [2.75, 3.05) is 18.5 Å². The molecule has 2 rings (SSSR count). The monoisotopic (exact) mass is 282 g/mol. The van der Waals surface area contributed by atoms with Crippen molar-refractivity contribution in [2.24, 2.45) is 11.7 Å². The molecular formula is C14H19ClN2O2. The van der Waals surface area contributed by atoms with E-state index < -0.39 is 0 Å². The van der Waals surface area contributed by atoms with Crippen molar-refractivity contribution in [3.8, 4) is 0 Å². The van der Waals surface area contributed by atoms with E-state index in [0.29, 0.717) is 23.2 Å². The molecule has 1 aromatic carbocycles. The molecule has 1 aliphatic rings. The summed E-state index contributed by atoms with van der Waals surface area (Å²) in [6, 6.07) is 7.05. The van der Waals surface area contributed by atoms with Crippen LogP contribution in [0.2, 0.25) is 5.02 Å². The van der Waals surface area contributed by atoms with Gasteiger partial charge in [-0.1, -0.05) is 24.1 Å². The van der Waals surface area contributed by atoms with Gasteiger partial charge in [-0.05, 0) is 43.5 Å². The molecule has 0 spiro atoms. The number of amides is 1. The molecule has 5 heteroatoms. The summed E-state index contributed by atoms with van der Waals surface area (Å²) in [5.74, 6) is 0.226. The lowest BCUT2D eigenvalue weighted by Crippen LogP contribution is -2.29. The number of hydrogen-bond acceptors (Lipinski definition) is 3. The second kappa shape index (κ2) is 6.89. The molecule has 1 amide bonds. The minimum absolute atomic E-state index is 0.0632. The van der Waals surface area contributed by atoms with Crippen LogP contribution in [-0.4, -0.2) is 25.2 Å². The highest BCUT2D eigenvalue weighted by Gasteiger charge is 2.27. The Balaban J connectivity index is 1.78. The summed E-state index contributed by atoms with van der Waals surface area (Å²) in [5.41, 5.74) is 6.36. The second-order valence-electron chi connectivity index (χ2n) is 4.83. The fraction of sp³-hybridized carbons (Fsp3) is 0.500. The second-order valence-corrected chi connectivity index (χ2v) is 5.27. The molecule has 4 nitrogen and oxygen atoms in total. The summed E-state index contributed by atoms with van der Waals surface area (Å²) in [6.45, 7) is 0.689. The molecule has 0 bridgehead atoms. The van der Waals surface area contributed by atoms with Crippen LogP contribution >= 0.6 is 11.6 Å². The van der Waals surface area contributed by atoms with E-state index in [-0.39, 0.29) is 18.6 Å². The number of rotatable bonds is 5. The van der Waals surface area contributed by atoms with E-state index in [0.717, 1.165) is 19.3 Å². The number of nitrogens with two attached hydrogens (primary N) is 1.